The van der Waals surface area contributed by atoms with Gasteiger partial charge in [-0.2, -0.15) is 0 Å². The van der Waals surface area contributed by atoms with Crippen LogP contribution in [0.15, 0.2) is 22.6 Å². The van der Waals surface area contributed by atoms with Crippen LogP contribution in [0.25, 0.3) is 0 Å². The number of hydrogen-bond acceptors (Lipinski definition) is 3. The Bertz CT molecular complexity index is 632. The molecule has 5 nitrogen and oxygen atoms in total. The van der Waals surface area contributed by atoms with Crippen LogP contribution in [-0.2, 0) is 26.1 Å². The Balaban J connectivity index is 1.53. The zero-order valence-electron chi connectivity index (χ0n) is 13.2. The molecule has 0 atom stereocenters. The minimum Gasteiger partial charge on any atom is -0.352 e. The number of fused-ring (bicyclic) bond motifs is 1. The topological polar surface area (TPSA) is 54.2 Å². The minimum atomic E-state index is 0.711. The Morgan fingerprint density at radius 3 is 2.95 bits per heavy atom. The van der Waals surface area contributed by atoms with E-state index in [0.717, 1.165) is 31.2 Å². The quantitative estimate of drug-likeness (QED) is 0.673. The second-order valence-corrected chi connectivity index (χ2v) is 6.61. The fourth-order valence-electron chi connectivity index (χ4n) is 2.70. The van der Waals surface area contributed by atoms with Crippen molar-refractivity contribution in [2.24, 2.45) is 4.99 Å². The molecule has 0 aromatic carbocycles. The van der Waals surface area contributed by atoms with Crippen molar-refractivity contribution in [3.8, 4) is 0 Å². The molecule has 118 valence electrons. The number of imidazole rings is 1. The molecule has 0 spiro atoms. The first-order valence-corrected chi connectivity index (χ1v) is 8.66. The van der Waals surface area contributed by atoms with Gasteiger partial charge >= 0.3 is 0 Å². The summed E-state index contributed by atoms with van der Waals surface area (Å²) in [5.74, 6) is 2.04. The smallest absolute Gasteiger partial charge is 0.191 e. The summed E-state index contributed by atoms with van der Waals surface area (Å²) in [7, 11) is 1.80. The SMILES string of the molecule is CN=C(NCc1cn2c(n1)CCCC2)NCc1sccc1C. The molecule has 3 rings (SSSR count). The number of aromatic nitrogens is 2. The Morgan fingerprint density at radius 1 is 1.36 bits per heavy atom. The van der Waals surface area contributed by atoms with E-state index < -0.39 is 0 Å². The molecule has 1 aliphatic heterocycles. The minimum absolute atomic E-state index is 0.711. The van der Waals surface area contributed by atoms with Gasteiger partial charge in [0.25, 0.3) is 0 Å². The van der Waals surface area contributed by atoms with Gasteiger partial charge in [0.05, 0.1) is 18.8 Å². The summed E-state index contributed by atoms with van der Waals surface area (Å²) in [6, 6.07) is 2.15. The zero-order chi connectivity index (χ0) is 15.4. The van der Waals surface area contributed by atoms with E-state index in [0.29, 0.717) is 6.54 Å². The van der Waals surface area contributed by atoms with Crippen LogP contribution in [-0.4, -0.2) is 22.6 Å². The monoisotopic (exact) mass is 317 g/mol. The average Bonchev–Trinajstić information content (AvgIpc) is 3.13. The summed E-state index contributed by atoms with van der Waals surface area (Å²) >= 11 is 1.77. The number of aryl methyl sites for hydroxylation is 3. The van der Waals surface area contributed by atoms with Crippen molar-refractivity contribution in [3.63, 3.8) is 0 Å². The van der Waals surface area contributed by atoms with Crippen LogP contribution < -0.4 is 10.6 Å². The maximum atomic E-state index is 4.70. The Labute approximate surface area is 135 Å². The Morgan fingerprint density at radius 2 is 2.23 bits per heavy atom. The largest absolute Gasteiger partial charge is 0.352 e. The van der Waals surface area contributed by atoms with E-state index in [4.69, 9.17) is 4.98 Å². The second-order valence-electron chi connectivity index (χ2n) is 5.61. The molecule has 2 N–H and O–H groups in total. The van der Waals surface area contributed by atoms with Gasteiger partial charge in [0.2, 0.25) is 0 Å². The normalized spacial score (nSPS) is 14.7. The predicted octanol–water partition coefficient (Wildman–Crippen LogP) is 2.45. The van der Waals surface area contributed by atoms with Gasteiger partial charge in [-0.25, -0.2) is 4.98 Å². The molecule has 0 saturated heterocycles. The van der Waals surface area contributed by atoms with E-state index in [9.17, 15) is 0 Å². The van der Waals surface area contributed by atoms with Crippen LogP contribution in [0.2, 0.25) is 0 Å². The van der Waals surface area contributed by atoms with E-state index in [1.54, 1.807) is 18.4 Å². The highest BCUT2D eigenvalue weighted by Gasteiger charge is 2.12. The van der Waals surface area contributed by atoms with E-state index in [-0.39, 0.29) is 0 Å². The number of hydrogen-bond donors (Lipinski definition) is 2. The number of rotatable bonds is 4. The van der Waals surface area contributed by atoms with Gasteiger partial charge in [0, 0.05) is 31.1 Å². The lowest BCUT2D eigenvalue weighted by Gasteiger charge is -2.11. The molecule has 3 heterocycles. The van der Waals surface area contributed by atoms with Crippen molar-refractivity contribution < 1.29 is 0 Å². The zero-order valence-corrected chi connectivity index (χ0v) is 14.0. The van der Waals surface area contributed by atoms with Crippen LogP contribution in [0.1, 0.15) is 34.8 Å². The number of guanidine groups is 1. The lowest BCUT2D eigenvalue weighted by molar-refractivity contribution is 0.522. The fraction of sp³-hybridized carbons (Fsp3) is 0.500. The van der Waals surface area contributed by atoms with Gasteiger partial charge in [0.15, 0.2) is 5.96 Å². The van der Waals surface area contributed by atoms with Crippen LogP contribution in [0.4, 0.5) is 0 Å². The van der Waals surface area contributed by atoms with Gasteiger partial charge < -0.3 is 15.2 Å². The summed E-state index contributed by atoms with van der Waals surface area (Å²) in [4.78, 5) is 10.3. The van der Waals surface area contributed by atoms with Crippen molar-refractivity contribution in [2.45, 2.75) is 45.8 Å². The Hall–Kier alpha value is -1.82. The highest BCUT2D eigenvalue weighted by atomic mass is 32.1. The van der Waals surface area contributed by atoms with Crippen molar-refractivity contribution in [1.29, 1.82) is 0 Å². The summed E-state index contributed by atoms with van der Waals surface area (Å²) in [6.07, 6.45) is 5.79. The summed E-state index contributed by atoms with van der Waals surface area (Å²) in [5, 5.41) is 8.83. The molecule has 2 aromatic rings. The highest BCUT2D eigenvalue weighted by molar-refractivity contribution is 7.10. The summed E-state index contributed by atoms with van der Waals surface area (Å²) in [5.41, 5.74) is 2.42. The summed E-state index contributed by atoms with van der Waals surface area (Å²) < 4.78 is 2.28. The third kappa shape index (κ3) is 3.50. The van der Waals surface area contributed by atoms with Crippen molar-refractivity contribution >= 4 is 17.3 Å². The molecule has 0 fully saturated rings. The van der Waals surface area contributed by atoms with Crippen LogP contribution in [0.3, 0.4) is 0 Å². The lowest BCUT2D eigenvalue weighted by Crippen LogP contribution is -2.36. The molecule has 0 aliphatic carbocycles. The van der Waals surface area contributed by atoms with Gasteiger partial charge in [-0.05, 0) is 36.8 Å². The van der Waals surface area contributed by atoms with E-state index in [1.807, 2.05) is 0 Å². The number of nitrogens with one attached hydrogen (secondary N) is 2. The molecule has 0 radical (unpaired) electrons. The van der Waals surface area contributed by atoms with Gasteiger partial charge in [-0.15, -0.1) is 11.3 Å². The fourth-order valence-corrected chi connectivity index (χ4v) is 3.55. The van der Waals surface area contributed by atoms with Crippen molar-refractivity contribution in [1.82, 2.24) is 20.2 Å². The molecule has 1 aliphatic rings. The number of nitrogens with zero attached hydrogens (tertiary/aromatic N) is 3. The van der Waals surface area contributed by atoms with E-state index in [2.05, 4.69) is 44.8 Å². The molecule has 22 heavy (non-hydrogen) atoms. The summed E-state index contributed by atoms with van der Waals surface area (Å²) in [6.45, 7) is 4.76. The highest BCUT2D eigenvalue weighted by Crippen LogP contribution is 2.15. The van der Waals surface area contributed by atoms with E-state index in [1.165, 1.54) is 29.1 Å². The number of thiophene rings is 1. The van der Waals surface area contributed by atoms with Gasteiger partial charge in [0.1, 0.15) is 5.82 Å². The van der Waals surface area contributed by atoms with Crippen LogP contribution in [0.5, 0.6) is 0 Å². The first-order valence-electron chi connectivity index (χ1n) is 7.78. The molecular weight excluding hydrogens is 294 g/mol. The molecule has 0 unspecified atom stereocenters. The van der Waals surface area contributed by atoms with Gasteiger partial charge in [-0.3, -0.25) is 4.99 Å². The van der Waals surface area contributed by atoms with Crippen LogP contribution in [0, 0.1) is 6.92 Å². The number of aliphatic imine (C=N–C) groups is 1. The molecule has 6 heteroatoms. The lowest BCUT2D eigenvalue weighted by atomic mass is 10.2. The van der Waals surface area contributed by atoms with Crippen molar-refractivity contribution in [2.75, 3.05) is 7.05 Å². The first-order chi connectivity index (χ1) is 10.8. The first kappa shape index (κ1) is 15.1. The molecule has 2 aromatic heterocycles. The molecule has 0 saturated carbocycles. The standard InChI is InChI=1S/C16H23N5S/c1-12-6-8-22-14(12)10-19-16(17-2)18-9-13-11-21-7-4-3-5-15(21)20-13/h6,8,11H,3-5,7,9-10H2,1-2H3,(H2,17,18,19). The van der Waals surface area contributed by atoms with Gasteiger partial charge in [-0.1, -0.05) is 0 Å². The molecule has 0 amide bonds. The maximum absolute atomic E-state index is 4.70. The predicted molar refractivity (Wildman–Crippen MR) is 91.3 cm³/mol. The van der Waals surface area contributed by atoms with Crippen molar-refractivity contribution in [3.05, 3.63) is 39.6 Å². The third-order valence-corrected chi connectivity index (χ3v) is 5.03. The maximum Gasteiger partial charge on any atom is 0.191 e. The molecular formula is C16H23N5S. The van der Waals surface area contributed by atoms with E-state index >= 15 is 0 Å². The average molecular weight is 317 g/mol. The Kier molecular flexibility index (Phi) is 4.77. The second kappa shape index (κ2) is 6.96. The third-order valence-electron chi connectivity index (χ3n) is 4.00. The molecule has 0 bridgehead atoms. The van der Waals surface area contributed by atoms with Crippen LogP contribution >= 0.6 is 11.3 Å².